The standard InChI is InChI=1S/C16H23BrN2O2/c1-21-10-4-5-14(16(20)19-8-2-3-9-19)11-13-6-7-18-12-15(13)17/h6-7,12,14H,2-5,8-11H2,1H3. The van der Waals surface area contributed by atoms with Crippen LogP contribution in [-0.4, -0.2) is 42.6 Å². The number of likely N-dealkylation sites (tertiary alicyclic amines) is 1. The predicted octanol–water partition coefficient (Wildman–Crippen LogP) is 3.05. The molecule has 0 N–H and O–H groups in total. The highest BCUT2D eigenvalue weighted by molar-refractivity contribution is 9.10. The molecule has 1 aliphatic heterocycles. The number of amides is 1. The highest BCUT2D eigenvalue weighted by atomic mass is 79.9. The largest absolute Gasteiger partial charge is 0.385 e. The van der Waals surface area contributed by atoms with E-state index < -0.39 is 0 Å². The fraction of sp³-hybridized carbons (Fsp3) is 0.625. The van der Waals surface area contributed by atoms with Gasteiger partial charge in [-0.3, -0.25) is 9.78 Å². The number of pyridine rings is 1. The number of aromatic nitrogens is 1. The first-order valence-electron chi connectivity index (χ1n) is 7.58. The van der Waals surface area contributed by atoms with Crippen molar-refractivity contribution in [3.05, 3.63) is 28.5 Å². The van der Waals surface area contributed by atoms with Crippen molar-refractivity contribution in [2.75, 3.05) is 26.8 Å². The van der Waals surface area contributed by atoms with Crippen LogP contribution < -0.4 is 0 Å². The molecule has 4 nitrogen and oxygen atoms in total. The van der Waals surface area contributed by atoms with Crippen LogP contribution in [0.15, 0.2) is 22.9 Å². The van der Waals surface area contributed by atoms with Gasteiger partial charge in [-0.2, -0.15) is 0 Å². The summed E-state index contributed by atoms with van der Waals surface area (Å²) < 4.78 is 6.11. The lowest BCUT2D eigenvalue weighted by Gasteiger charge is -2.23. The highest BCUT2D eigenvalue weighted by Crippen LogP contribution is 2.24. The highest BCUT2D eigenvalue weighted by Gasteiger charge is 2.26. The summed E-state index contributed by atoms with van der Waals surface area (Å²) in [6, 6.07) is 1.99. The lowest BCUT2D eigenvalue weighted by Crippen LogP contribution is -2.35. The van der Waals surface area contributed by atoms with Gasteiger partial charge in [-0.25, -0.2) is 0 Å². The summed E-state index contributed by atoms with van der Waals surface area (Å²) >= 11 is 3.53. The van der Waals surface area contributed by atoms with E-state index >= 15 is 0 Å². The Morgan fingerprint density at radius 2 is 2.24 bits per heavy atom. The molecule has 1 amide bonds. The van der Waals surface area contributed by atoms with Crippen LogP contribution in [0, 0.1) is 5.92 Å². The molecule has 2 rings (SSSR count). The van der Waals surface area contributed by atoms with Gasteiger partial charge in [0.2, 0.25) is 5.91 Å². The van der Waals surface area contributed by atoms with Crippen molar-refractivity contribution in [2.24, 2.45) is 5.92 Å². The van der Waals surface area contributed by atoms with E-state index in [9.17, 15) is 4.79 Å². The molecule has 1 fully saturated rings. The van der Waals surface area contributed by atoms with Gasteiger partial charge in [0.25, 0.3) is 0 Å². The van der Waals surface area contributed by atoms with E-state index in [2.05, 4.69) is 20.9 Å². The third kappa shape index (κ3) is 4.78. The number of carbonyl (C=O) groups excluding carboxylic acids is 1. The van der Waals surface area contributed by atoms with E-state index in [4.69, 9.17) is 4.74 Å². The number of nitrogens with zero attached hydrogens (tertiary/aromatic N) is 2. The molecule has 0 spiro atoms. The van der Waals surface area contributed by atoms with E-state index in [0.29, 0.717) is 12.5 Å². The molecule has 1 aromatic heterocycles. The normalized spacial score (nSPS) is 16.2. The van der Waals surface area contributed by atoms with Crippen molar-refractivity contribution in [1.29, 1.82) is 0 Å². The van der Waals surface area contributed by atoms with Crippen molar-refractivity contribution < 1.29 is 9.53 Å². The molecule has 116 valence electrons. The zero-order valence-electron chi connectivity index (χ0n) is 12.6. The van der Waals surface area contributed by atoms with E-state index in [-0.39, 0.29) is 5.92 Å². The van der Waals surface area contributed by atoms with Crippen molar-refractivity contribution in [2.45, 2.75) is 32.1 Å². The number of methoxy groups -OCH3 is 1. The maximum absolute atomic E-state index is 12.7. The van der Waals surface area contributed by atoms with E-state index in [1.807, 2.05) is 11.0 Å². The first kappa shape index (κ1) is 16.4. The molecule has 5 heteroatoms. The zero-order valence-corrected chi connectivity index (χ0v) is 14.1. The Hall–Kier alpha value is -0.940. The van der Waals surface area contributed by atoms with Gasteiger partial charge in [0.15, 0.2) is 0 Å². The summed E-state index contributed by atoms with van der Waals surface area (Å²) in [5.74, 6) is 0.337. The molecule has 1 aliphatic rings. The fourth-order valence-electron chi connectivity index (χ4n) is 2.82. The molecule has 1 aromatic rings. The molecule has 1 unspecified atom stereocenters. The Balaban J connectivity index is 2.03. The van der Waals surface area contributed by atoms with Crippen LogP contribution >= 0.6 is 15.9 Å². The minimum atomic E-state index is 0.0388. The molecule has 0 radical (unpaired) electrons. The SMILES string of the molecule is COCCCC(Cc1ccncc1Br)C(=O)N1CCCC1. The average molecular weight is 355 g/mol. The van der Waals surface area contributed by atoms with Gasteiger partial charge in [-0.05, 0) is 59.7 Å². The average Bonchev–Trinajstić information content (AvgIpc) is 3.02. The molecule has 1 saturated heterocycles. The number of carbonyl (C=O) groups is 1. The van der Waals surface area contributed by atoms with Crippen LogP contribution in [-0.2, 0) is 16.0 Å². The minimum absolute atomic E-state index is 0.0388. The molecular weight excluding hydrogens is 332 g/mol. The quantitative estimate of drug-likeness (QED) is 0.706. The summed E-state index contributed by atoms with van der Waals surface area (Å²) in [6.45, 7) is 2.54. The maximum Gasteiger partial charge on any atom is 0.226 e. The van der Waals surface area contributed by atoms with Crippen molar-refractivity contribution in [3.8, 4) is 0 Å². The monoisotopic (exact) mass is 354 g/mol. The smallest absolute Gasteiger partial charge is 0.226 e. The van der Waals surface area contributed by atoms with Gasteiger partial charge in [-0.15, -0.1) is 0 Å². The summed E-state index contributed by atoms with van der Waals surface area (Å²) in [5.41, 5.74) is 1.15. The third-order valence-electron chi connectivity index (χ3n) is 3.99. The fourth-order valence-corrected chi connectivity index (χ4v) is 3.23. The Morgan fingerprint density at radius 1 is 1.48 bits per heavy atom. The van der Waals surface area contributed by atoms with Crippen LogP contribution in [0.4, 0.5) is 0 Å². The van der Waals surface area contributed by atoms with E-state index in [1.165, 1.54) is 0 Å². The van der Waals surface area contributed by atoms with Gasteiger partial charge in [0, 0.05) is 49.6 Å². The van der Waals surface area contributed by atoms with Gasteiger partial charge in [0.05, 0.1) is 0 Å². The molecule has 21 heavy (non-hydrogen) atoms. The molecule has 0 aromatic carbocycles. The summed E-state index contributed by atoms with van der Waals surface area (Å²) in [4.78, 5) is 18.8. The number of halogens is 1. The minimum Gasteiger partial charge on any atom is -0.385 e. The third-order valence-corrected chi connectivity index (χ3v) is 4.70. The zero-order chi connectivity index (χ0) is 15.1. The van der Waals surface area contributed by atoms with Crippen LogP contribution in [0.25, 0.3) is 0 Å². The Bertz CT molecular complexity index is 461. The number of rotatable bonds is 7. The molecule has 2 heterocycles. The summed E-state index contributed by atoms with van der Waals surface area (Å²) in [5, 5.41) is 0. The second-order valence-electron chi connectivity index (χ2n) is 5.54. The molecule has 0 saturated carbocycles. The second kappa shape index (κ2) is 8.49. The second-order valence-corrected chi connectivity index (χ2v) is 6.39. The summed E-state index contributed by atoms with van der Waals surface area (Å²) in [7, 11) is 1.71. The van der Waals surface area contributed by atoms with Gasteiger partial charge in [-0.1, -0.05) is 0 Å². The van der Waals surface area contributed by atoms with Gasteiger partial charge < -0.3 is 9.64 Å². The lowest BCUT2D eigenvalue weighted by atomic mass is 9.94. The van der Waals surface area contributed by atoms with Crippen molar-refractivity contribution in [1.82, 2.24) is 9.88 Å². The van der Waals surface area contributed by atoms with E-state index in [0.717, 1.165) is 55.2 Å². The van der Waals surface area contributed by atoms with Gasteiger partial charge in [0.1, 0.15) is 0 Å². The number of ether oxygens (including phenoxy) is 1. The molecule has 1 atom stereocenters. The van der Waals surface area contributed by atoms with Crippen molar-refractivity contribution in [3.63, 3.8) is 0 Å². The first-order valence-corrected chi connectivity index (χ1v) is 8.37. The Morgan fingerprint density at radius 3 is 2.90 bits per heavy atom. The molecular formula is C16H23BrN2O2. The molecule has 0 aliphatic carbocycles. The van der Waals surface area contributed by atoms with Gasteiger partial charge >= 0.3 is 0 Å². The summed E-state index contributed by atoms with van der Waals surface area (Å²) in [6.07, 6.45) is 8.41. The van der Waals surface area contributed by atoms with Crippen LogP contribution in [0.5, 0.6) is 0 Å². The predicted molar refractivity (Wildman–Crippen MR) is 86.1 cm³/mol. The number of hydrogen-bond donors (Lipinski definition) is 0. The molecule has 0 bridgehead atoms. The Kier molecular flexibility index (Phi) is 6.64. The topological polar surface area (TPSA) is 42.4 Å². The van der Waals surface area contributed by atoms with Crippen LogP contribution in [0.1, 0.15) is 31.2 Å². The number of hydrogen-bond acceptors (Lipinski definition) is 3. The van der Waals surface area contributed by atoms with Crippen LogP contribution in [0.2, 0.25) is 0 Å². The lowest BCUT2D eigenvalue weighted by molar-refractivity contribution is -0.134. The van der Waals surface area contributed by atoms with Crippen LogP contribution in [0.3, 0.4) is 0 Å². The Labute approximate surface area is 135 Å². The van der Waals surface area contributed by atoms with E-state index in [1.54, 1.807) is 19.5 Å². The first-order chi connectivity index (χ1) is 10.2. The van der Waals surface area contributed by atoms with Crippen molar-refractivity contribution >= 4 is 21.8 Å². The maximum atomic E-state index is 12.7.